The van der Waals surface area contributed by atoms with Crippen molar-refractivity contribution >= 4 is 45.2 Å². The minimum Gasteiger partial charge on any atom is -0.345 e. The molecule has 0 aromatic carbocycles. The van der Waals surface area contributed by atoms with E-state index in [1.165, 1.54) is 25.9 Å². The molecule has 2 aliphatic rings. The summed E-state index contributed by atoms with van der Waals surface area (Å²) in [5.41, 5.74) is 0.869. The molecular weight excluding hydrogens is 387 g/mol. The molecule has 1 saturated carbocycles. The topological polar surface area (TPSA) is 44.8 Å². The van der Waals surface area contributed by atoms with Crippen molar-refractivity contribution in [3.05, 3.63) is 20.7 Å². The predicted octanol–water partition coefficient (Wildman–Crippen LogP) is 3.56. The average Bonchev–Trinajstić information content (AvgIpc) is 3.23. The second-order valence-electron chi connectivity index (χ2n) is 5.77. The van der Waals surface area contributed by atoms with Crippen molar-refractivity contribution in [1.29, 1.82) is 0 Å². The van der Waals surface area contributed by atoms with Crippen LogP contribution in [0.1, 0.15) is 37.4 Å². The summed E-state index contributed by atoms with van der Waals surface area (Å²) in [5, 5.41) is 1.53. The third kappa shape index (κ3) is 2.33. The molecule has 0 amide bonds. The van der Waals surface area contributed by atoms with E-state index < -0.39 is 0 Å². The molecule has 2 aromatic heterocycles. The minimum absolute atomic E-state index is 0.452. The third-order valence-electron chi connectivity index (χ3n) is 4.41. The number of likely N-dealkylation sites (tertiary alicyclic amines) is 1. The molecule has 4 rings (SSSR count). The lowest BCUT2D eigenvalue weighted by Gasteiger charge is -2.31. The first-order valence-corrected chi connectivity index (χ1v) is 8.62. The monoisotopic (exact) mass is 402 g/mol. The van der Waals surface area contributed by atoms with E-state index in [1.807, 2.05) is 6.20 Å². The molecule has 2 aromatic rings. The summed E-state index contributed by atoms with van der Waals surface area (Å²) >= 11 is 8.59. The zero-order chi connectivity index (χ0) is 13.7. The van der Waals surface area contributed by atoms with Gasteiger partial charge < -0.3 is 9.88 Å². The first kappa shape index (κ1) is 13.3. The number of hydrogen-bond acceptors (Lipinski definition) is 3. The quantitative estimate of drug-likeness (QED) is 0.617. The van der Waals surface area contributed by atoms with Crippen molar-refractivity contribution in [3.8, 4) is 0 Å². The van der Waals surface area contributed by atoms with Gasteiger partial charge in [0.2, 0.25) is 0 Å². The van der Waals surface area contributed by atoms with Gasteiger partial charge in [0.1, 0.15) is 16.6 Å². The van der Waals surface area contributed by atoms with Crippen molar-refractivity contribution in [2.75, 3.05) is 13.1 Å². The molecule has 1 aliphatic heterocycles. The van der Waals surface area contributed by atoms with Gasteiger partial charge in [0.25, 0.3) is 0 Å². The first-order valence-electron chi connectivity index (χ1n) is 7.16. The maximum absolute atomic E-state index is 6.33. The smallest absolute Gasteiger partial charge is 0.143 e. The Bertz CT molecular complexity index is 644. The number of piperidine rings is 1. The fourth-order valence-corrected chi connectivity index (χ4v) is 4.22. The van der Waals surface area contributed by atoms with Crippen LogP contribution in [0, 0.1) is 3.57 Å². The summed E-state index contributed by atoms with van der Waals surface area (Å²) in [6.07, 6.45) is 7.01. The Hall–Kier alpha value is -0.400. The number of rotatable bonds is 2. The Morgan fingerprint density at radius 2 is 1.95 bits per heavy atom. The van der Waals surface area contributed by atoms with E-state index >= 15 is 0 Å². The number of halogens is 2. The highest BCUT2D eigenvalue weighted by molar-refractivity contribution is 14.1. The van der Waals surface area contributed by atoms with Gasteiger partial charge in [0, 0.05) is 21.7 Å². The van der Waals surface area contributed by atoms with Crippen LogP contribution < -0.4 is 0 Å². The van der Waals surface area contributed by atoms with Crippen LogP contribution in [-0.4, -0.2) is 39.0 Å². The van der Waals surface area contributed by atoms with Crippen LogP contribution in [0.3, 0.4) is 0 Å². The number of hydrogen-bond donors (Lipinski definition) is 1. The largest absolute Gasteiger partial charge is 0.345 e. The Labute approximate surface area is 136 Å². The number of fused-ring (bicyclic) bond motifs is 1. The lowest BCUT2D eigenvalue weighted by atomic mass is 9.96. The summed E-state index contributed by atoms with van der Waals surface area (Å²) in [6, 6.07) is 0.868. The lowest BCUT2D eigenvalue weighted by molar-refractivity contribution is 0.200. The normalized spacial score (nSPS) is 21.7. The highest BCUT2D eigenvalue weighted by Crippen LogP contribution is 2.35. The maximum Gasteiger partial charge on any atom is 0.143 e. The van der Waals surface area contributed by atoms with Crippen LogP contribution in [0.25, 0.3) is 11.0 Å². The SMILES string of the molecule is Clc1nc(C2CCN(C3CC3)CC2)nc2[nH]cc(I)c12. The summed E-state index contributed by atoms with van der Waals surface area (Å²) in [4.78, 5) is 15.1. The van der Waals surface area contributed by atoms with E-state index in [0.29, 0.717) is 11.1 Å². The molecule has 1 N–H and O–H groups in total. The van der Waals surface area contributed by atoms with E-state index in [-0.39, 0.29) is 0 Å². The van der Waals surface area contributed by atoms with Gasteiger partial charge in [-0.15, -0.1) is 0 Å². The van der Waals surface area contributed by atoms with Gasteiger partial charge in [-0.3, -0.25) is 0 Å². The number of nitrogens with zero attached hydrogens (tertiary/aromatic N) is 3. The zero-order valence-corrected chi connectivity index (χ0v) is 14.0. The molecule has 2 fully saturated rings. The second-order valence-corrected chi connectivity index (χ2v) is 7.29. The van der Waals surface area contributed by atoms with Gasteiger partial charge in [-0.05, 0) is 61.4 Å². The van der Waals surface area contributed by atoms with Gasteiger partial charge in [0.15, 0.2) is 0 Å². The number of nitrogens with one attached hydrogen (secondary N) is 1. The third-order valence-corrected chi connectivity index (χ3v) is 5.54. The molecule has 1 aliphatic carbocycles. The van der Waals surface area contributed by atoms with Crippen LogP contribution in [-0.2, 0) is 0 Å². The zero-order valence-electron chi connectivity index (χ0n) is 11.1. The fraction of sp³-hybridized carbons (Fsp3) is 0.571. The molecule has 106 valence electrons. The standard InChI is InChI=1S/C14H16ClIN4/c15-12-11-10(16)7-17-14(11)19-13(18-12)8-3-5-20(6-4-8)9-1-2-9/h7-9H,1-6H2,(H,17,18,19). The van der Waals surface area contributed by atoms with Crippen LogP contribution in [0.2, 0.25) is 5.15 Å². The maximum atomic E-state index is 6.33. The summed E-state index contributed by atoms with van der Waals surface area (Å²) in [5.74, 6) is 1.36. The second kappa shape index (κ2) is 5.10. The van der Waals surface area contributed by atoms with Crippen molar-refractivity contribution in [3.63, 3.8) is 0 Å². The Balaban J connectivity index is 1.59. The molecule has 0 radical (unpaired) electrons. The minimum atomic E-state index is 0.452. The van der Waals surface area contributed by atoms with Crippen molar-refractivity contribution in [2.45, 2.75) is 37.6 Å². The van der Waals surface area contributed by atoms with E-state index in [0.717, 1.165) is 39.3 Å². The van der Waals surface area contributed by atoms with Gasteiger partial charge in [0.05, 0.1) is 5.39 Å². The molecule has 1 saturated heterocycles. The molecule has 6 heteroatoms. The lowest BCUT2D eigenvalue weighted by Crippen LogP contribution is -2.35. The average molecular weight is 403 g/mol. The number of aromatic amines is 1. The van der Waals surface area contributed by atoms with Gasteiger partial charge in [-0.25, -0.2) is 9.97 Å². The van der Waals surface area contributed by atoms with Gasteiger partial charge in [-0.1, -0.05) is 11.6 Å². The molecular formula is C14H16ClIN4. The Morgan fingerprint density at radius 3 is 2.65 bits per heavy atom. The Kier molecular flexibility index (Phi) is 3.39. The van der Waals surface area contributed by atoms with Crippen LogP contribution >= 0.6 is 34.2 Å². The van der Waals surface area contributed by atoms with Crippen molar-refractivity contribution in [2.24, 2.45) is 0 Å². The molecule has 4 nitrogen and oxygen atoms in total. The van der Waals surface area contributed by atoms with Crippen molar-refractivity contribution < 1.29 is 0 Å². The molecule has 3 heterocycles. The number of H-pyrrole nitrogens is 1. The molecule has 0 bridgehead atoms. The van der Waals surface area contributed by atoms with E-state index in [4.69, 9.17) is 16.6 Å². The number of aromatic nitrogens is 3. The van der Waals surface area contributed by atoms with Gasteiger partial charge >= 0.3 is 0 Å². The summed E-state index contributed by atoms with van der Waals surface area (Å²) < 4.78 is 1.08. The first-order chi connectivity index (χ1) is 9.72. The van der Waals surface area contributed by atoms with Gasteiger partial charge in [-0.2, -0.15) is 0 Å². The van der Waals surface area contributed by atoms with Crippen LogP contribution in [0.4, 0.5) is 0 Å². The highest BCUT2D eigenvalue weighted by atomic mass is 127. The fourth-order valence-electron chi connectivity index (χ4n) is 3.11. The Morgan fingerprint density at radius 1 is 1.20 bits per heavy atom. The predicted molar refractivity (Wildman–Crippen MR) is 88.2 cm³/mol. The van der Waals surface area contributed by atoms with Crippen LogP contribution in [0.15, 0.2) is 6.20 Å². The van der Waals surface area contributed by atoms with E-state index in [1.54, 1.807) is 0 Å². The molecule has 0 spiro atoms. The molecule has 20 heavy (non-hydrogen) atoms. The van der Waals surface area contributed by atoms with E-state index in [2.05, 4.69) is 37.5 Å². The summed E-state index contributed by atoms with van der Waals surface area (Å²) in [6.45, 7) is 2.35. The highest BCUT2D eigenvalue weighted by Gasteiger charge is 2.33. The summed E-state index contributed by atoms with van der Waals surface area (Å²) in [7, 11) is 0. The molecule has 0 unspecified atom stereocenters. The van der Waals surface area contributed by atoms with Crippen LogP contribution in [0.5, 0.6) is 0 Å². The van der Waals surface area contributed by atoms with Crippen molar-refractivity contribution in [1.82, 2.24) is 19.9 Å². The molecule has 0 atom stereocenters. The van der Waals surface area contributed by atoms with E-state index in [9.17, 15) is 0 Å².